The van der Waals surface area contributed by atoms with Crippen molar-refractivity contribution in [3.63, 3.8) is 0 Å². The van der Waals surface area contributed by atoms with Gasteiger partial charge in [-0.2, -0.15) is 5.10 Å². The molecule has 2 aromatic heterocycles. The van der Waals surface area contributed by atoms with E-state index in [1.54, 1.807) is 19.1 Å². The lowest BCUT2D eigenvalue weighted by Crippen LogP contribution is -2.37. The SMILES string of the molecule is Cc1nn(C(C)C(=O)NCc2ccc(F)cc2)c(=O)c2c1sc1ccccc12. The summed E-state index contributed by atoms with van der Waals surface area (Å²) in [4.78, 5) is 25.7. The zero-order valence-corrected chi connectivity index (χ0v) is 16.2. The third kappa shape index (κ3) is 3.18. The Kier molecular flexibility index (Phi) is 4.68. The molecule has 0 spiro atoms. The lowest BCUT2D eigenvalue weighted by atomic mass is 10.2. The van der Waals surface area contributed by atoms with Crippen LogP contribution >= 0.6 is 11.3 Å². The number of aryl methyl sites for hydroxylation is 1. The first-order valence-electron chi connectivity index (χ1n) is 8.88. The topological polar surface area (TPSA) is 64.0 Å². The van der Waals surface area contributed by atoms with Gasteiger partial charge in [-0.05, 0) is 37.6 Å². The highest BCUT2D eigenvalue weighted by Crippen LogP contribution is 2.32. The van der Waals surface area contributed by atoms with E-state index in [9.17, 15) is 14.0 Å². The monoisotopic (exact) mass is 395 g/mol. The molecule has 0 radical (unpaired) electrons. The van der Waals surface area contributed by atoms with Crippen LogP contribution in [0.4, 0.5) is 4.39 Å². The summed E-state index contributed by atoms with van der Waals surface area (Å²) in [5.74, 6) is -0.650. The Bertz CT molecular complexity index is 1240. The minimum Gasteiger partial charge on any atom is -0.350 e. The van der Waals surface area contributed by atoms with E-state index in [1.807, 2.05) is 31.2 Å². The molecule has 1 amide bonds. The van der Waals surface area contributed by atoms with Gasteiger partial charge in [-0.3, -0.25) is 9.59 Å². The number of nitrogens with zero attached hydrogens (tertiary/aromatic N) is 2. The minimum atomic E-state index is -0.769. The quantitative estimate of drug-likeness (QED) is 0.569. The summed E-state index contributed by atoms with van der Waals surface area (Å²) in [6.07, 6.45) is 0. The van der Waals surface area contributed by atoms with Crippen molar-refractivity contribution in [1.82, 2.24) is 15.1 Å². The van der Waals surface area contributed by atoms with Gasteiger partial charge in [0, 0.05) is 16.6 Å². The van der Waals surface area contributed by atoms with Gasteiger partial charge in [-0.1, -0.05) is 30.3 Å². The zero-order chi connectivity index (χ0) is 19.8. The van der Waals surface area contributed by atoms with Crippen molar-refractivity contribution in [2.75, 3.05) is 0 Å². The predicted molar refractivity (Wildman–Crippen MR) is 109 cm³/mol. The fourth-order valence-corrected chi connectivity index (χ4v) is 4.33. The Balaban J connectivity index is 1.66. The number of fused-ring (bicyclic) bond motifs is 3. The van der Waals surface area contributed by atoms with Crippen molar-refractivity contribution in [3.05, 3.63) is 76.0 Å². The van der Waals surface area contributed by atoms with Crippen LogP contribution in [0.25, 0.3) is 20.2 Å². The van der Waals surface area contributed by atoms with E-state index in [0.29, 0.717) is 11.1 Å². The standard InChI is InChI=1S/C21H18FN3O2S/c1-12-19-18(16-5-3-4-6-17(16)28-19)21(27)25(24-12)13(2)20(26)23-11-14-7-9-15(22)10-8-14/h3-10,13H,11H2,1-2H3,(H,23,26). The van der Waals surface area contributed by atoms with Gasteiger partial charge < -0.3 is 5.32 Å². The van der Waals surface area contributed by atoms with E-state index in [-0.39, 0.29) is 23.8 Å². The molecule has 28 heavy (non-hydrogen) atoms. The first-order valence-corrected chi connectivity index (χ1v) is 9.70. The first kappa shape index (κ1) is 18.3. The number of carbonyl (C=O) groups excluding carboxylic acids is 1. The maximum absolute atomic E-state index is 13.1. The van der Waals surface area contributed by atoms with Gasteiger partial charge in [0.25, 0.3) is 5.56 Å². The number of rotatable bonds is 4. The molecule has 0 aliphatic rings. The average Bonchev–Trinajstić information content (AvgIpc) is 3.10. The molecule has 1 atom stereocenters. The van der Waals surface area contributed by atoms with Crippen LogP contribution in [0.3, 0.4) is 0 Å². The first-order chi connectivity index (χ1) is 13.5. The Morgan fingerprint density at radius 2 is 1.93 bits per heavy atom. The maximum Gasteiger partial charge on any atom is 0.276 e. The molecule has 0 saturated carbocycles. The van der Waals surface area contributed by atoms with E-state index in [0.717, 1.165) is 20.3 Å². The van der Waals surface area contributed by atoms with Crippen LogP contribution in [-0.2, 0) is 11.3 Å². The van der Waals surface area contributed by atoms with Gasteiger partial charge in [-0.15, -0.1) is 11.3 Å². The summed E-state index contributed by atoms with van der Waals surface area (Å²) < 4.78 is 16.1. The van der Waals surface area contributed by atoms with Crippen LogP contribution in [0.15, 0.2) is 53.3 Å². The second-order valence-electron chi connectivity index (χ2n) is 6.66. The number of amides is 1. The van der Waals surface area contributed by atoms with Gasteiger partial charge in [0.1, 0.15) is 11.9 Å². The number of halogens is 1. The lowest BCUT2D eigenvalue weighted by Gasteiger charge is -2.15. The van der Waals surface area contributed by atoms with Gasteiger partial charge in [0.05, 0.1) is 15.8 Å². The lowest BCUT2D eigenvalue weighted by molar-refractivity contribution is -0.124. The van der Waals surface area contributed by atoms with Crippen molar-refractivity contribution in [3.8, 4) is 0 Å². The van der Waals surface area contributed by atoms with Crippen LogP contribution in [0.2, 0.25) is 0 Å². The molecule has 0 aliphatic carbocycles. The fourth-order valence-electron chi connectivity index (χ4n) is 3.19. The van der Waals surface area contributed by atoms with Crippen molar-refractivity contribution >= 4 is 37.4 Å². The minimum absolute atomic E-state index is 0.251. The maximum atomic E-state index is 13.1. The molecule has 4 aromatic rings. The molecule has 4 rings (SSSR count). The van der Waals surface area contributed by atoms with Crippen molar-refractivity contribution in [2.24, 2.45) is 0 Å². The third-order valence-electron chi connectivity index (χ3n) is 4.73. The summed E-state index contributed by atoms with van der Waals surface area (Å²) in [6, 6.07) is 12.9. The molecule has 0 bridgehead atoms. The van der Waals surface area contributed by atoms with Crippen LogP contribution < -0.4 is 10.9 Å². The van der Waals surface area contributed by atoms with E-state index in [2.05, 4.69) is 10.4 Å². The molecule has 142 valence electrons. The van der Waals surface area contributed by atoms with Gasteiger partial charge in [-0.25, -0.2) is 9.07 Å². The van der Waals surface area contributed by atoms with Crippen LogP contribution in [0, 0.1) is 12.7 Å². The van der Waals surface area contributed by atoms with E-state index < -0.39 is 6.04 Å². The highest BCUT2D eigenvalue weighted by atomic mass is 32.1. The number of hydrogen-bond donors (Lipinski definition) is 1. The molecule has 0 fully saturated rings. The van der Waals surface area contributed by atoms with Crippen LogP contribution in [0.1, 0.15) is 24.2 Å². The molecular formula is C21H18FN3O2S. The molecule has 0 aliphatic heterocycles. The van der Waals surface area contributed by atoms with E-state index in [1.165, 1.54) is 28.2 Å². The number of hydrogen-bond acceptors (Lipinski definition) is 4. The molecule has 1 unspecified atom stereocenters. The zero-order valence-electron chi connectivity index (χ0n) is 15.4. The summed E-state index contributed by atoms with van der Waals surface area (Å²) in [5, 5.41) is 8.66. The number of benzene rings is 2. The number of nitrogens with one attached hydrogen (secondary N) is 1. The summed E-state index contributed by atoms with van der Waals surface area (Å²) in [7, 11) is 0. The predicted octanol–water partition coefficient (Wildman–Crippen LogP) is 3.94. The average molecular weight is 395 g/mol. The van der Waals surface area contributed by atoms with Crippen molar-refractivity contribution < 1.29 is 9.18 Å². The fraction of sp³-hybridized carbons (Fsp3) is 0.190. The van der Waals surface area contributed by atoms with Crippen molar-refractivity contribution in [2.45, 2.75) is 26.4 Å². The third-order valence-corrected chi connectivity index (χ3v) is 6.01. The highest BCUT2D eigenvalue weighted by Gasteiger charge is 2.21. The Labute approximate surface area is 164 Å². The Morgan fingerprint density at radius 1 is 1.21 bits per heavy atom. The summed E-state index contributed by atoms with van der Waals surface area (Å²) in [6.45, 7) is 3.74. The highest BCUT2D eigenvalue weighted by molar-refractivity contribution is 7.26. The van der Waals surface area contributed by atoms with Crippen LogP contribution in [0.5, 0.6) is 0 Å². The molecule has 2 heterocycles. The molecular weight excluding hydrogens is 377 g/mol. The number of thiophene rings is 1. The van der Waals surface area contributed by atoms with Gasteiger partial charge in [0.2, 0.25) is 5.91 Å². The molecule has 0 saturated heterocycles. The summed E-state index contributed by atoms with van der Waals surface area (Å²) >= 11 is 1.53. The number of aromatic nitrogens is 2. The van der Waals surface area contributed by atoms with Gasteiger partial charge >= 0.3 is 0 Å². The van der Waals surface area contributed by atoms with Crippen molar-refractivity contribution in [1.29, 1.82) is 0 Å². The normalized spacial score (nSPS) is 12.4. The Hall–Kier alpha value is -3.06. The molecule has 2 aromatic carbocycles. The molecule has 7 heteroatoms. The Morgan fingerprint density at radius 3 is 2.68 bits per heavy atom. The smallest absolute Gasteiger partial charge is 0.276 e. The second kappa shape index (κ2) is 7.16. The molecule has 1 N–H and O–H groups in total. The number of carbonyl (C=O) groups is 1. The largest absolute Gasteiger partial charge is 0.350 e. The second-order valence-corrected chi connectivity index (χ2v) is 7.71. The van der Waals surface area contributed by atoms with E-state index in [4.69, 9.17) is 0 Å². The van der Waals surface area contributed by atoms with E-state index >= 15 is 0 Å². The van der Waals surface area contributed by atoms with Crippen LogP contribution in [-0.4, -0.2) is 15.7 Å². The molecule has 5 nitrogen and oxygen atoms in total. The summed E-state index contributed by atoms with van der Waals surface area (Å²) in [5.41, 5.74) is 1.22. The van der Waals surface area contributed by atoms with Gasteiger partial charge in [0.15, 0.2) is 0 Å².